The van der Waals surface area contributed by atoms with Crippen LogP contribution in [0.2, 0.25) is 0 Å². The number of hydrogen-bond acceptors (Lipinski definition) is 11. The monoisotopic (exact) mass is 834 g/mol. The Morgan fingerprint density at radius 2 is 1.75 bits per heavy atom. The number of piperidine rings is 1. The molecule has 1 aromatic heterocycles. The van der Waals surface area contributed by atoms with Crippen molar-refractivity contribution in [1.29, 1.82) is 5.26 Å². The third-order valence-corrected chi connectivity index (χ3v) is 12.1. The Hall–Kier alpha value is -3.79. The van der Waals surface area contributed by atoms with Crippen LogP contribution in [0.4, 0.5) is 24.7 Å². The first-order valence-electron chi connectivity index (χ1n) is 19.1. The summed E-state index contributed by atoms with van der Waals surface area (Å²) in [6.07, 6.45) is 0.584. The maximum Gasteiger partial charge on any atom is 0.417 e. The molecule has 2 unspecified atom stereocenters. The second-order valence-corrected chi connectivity index (χ2v) is 16.2. The van der Waals surface area contributed by atoms with Crippen LogP contribution in [0.1, 0.15) is 88.8 Å². The highest BCUT2D eigenvalue weighted by molar-refractivity contribution is 7.81. The average Bonchev–Trinajstić information content (AvgIpc) is 3.32. The van der Waals surface area contributed by atoms with Crippen LogP contribution in [0.5, 0.6) is 0 Å². The predicted molar refractivity (Wildman–Crippen MR) is 212 cm³/mol. The van der Waals surface area contributed by atoms with Gasteiger partial charge in [0.15, 0.2) is 0 Å². The lowest BCUT2D eigenvalue weighted by Crippen LogP contribution is -2.58. The molecule has 0 spiro atoms. The number of halogens is 4. The summed E-state index contributed by atoms with van der Waals surface area (Å²) in [5, 5.41) is 14.4. The van der Waals surface area contributed by atoms with E-state index in [1.165, 1.54) is 11.0 Å². The van der Waals surface area contributed by atoms with E-state index in [2.05, 4.69) is 39.3 Å². The van der Waals surface area contributed by atoms with Gasteiger partial charge in [0.1, 0.15) is 11.3 Å². The van der Waals surface area contributed by atoms with Crippen LogP contribution in [0.25, 0.3) is 0 Å². The number of piperazine rings is 1. The van der Waals surface area contributed by atoms with Crippen molar-refractivity contribution in [2.45, 2.75) is 114 Å². The Kier molecular flexibility index (Phi) is 14.0. The zero-order valence-corrected chi connectivity index (χ0v) is 34.1. The number of nitrogens with zero attached hydrogens (tertiary/aromatic N) is 6. The second kappa shape index (κ2) is 18.0. The van der Waals surface area contributed by atoms with E-state index in [4.69, 9.17) is 17.4 Å². The van der Waals surface area contributed by atoms with Crippen LogP contribution >= 0.6 is 25.0 Å². The minimum Gasteiger partial charge on any atom is -0.377 e. The largest absolute Gasteiger partial charge is 0.417 e. The molecule has 0 bridgehead atoms. The lowest BCUT2D eigenvalue weighted by atomic mass is 9.89. The van der Waals surface area contributed by atoms with Gasteiger partial charge in [-0.05, 0) is 89.6 Å². The SMILES string of the molecule is C[C@@H]1CN(CCOC2CCC(N3C(S)N(c4ccc(C#N)c(C(F)(F)F)c4)C(=O)C3(C)C)CC2)C[C@H](C)N1CC(=O)Nc1ccc(C2CCC(=O)NC2=O)cn1.Cl. The number of aromatic nitrogens is 1. The van der Waals surface area contributed by atoms with Crippen LogP contribution < -0.4 is 15.5 Å². The highest BCUT2D eigenvalue weighted by Gasteiger charge is 2.54. The molecule has 4 aliphatic rings. The molecule has 4 atom stereocenters. The van der Waals surface area contributed by atoms with E-state index in [0.29, 0.717) is 24.4 Å². The summed E-state index contributed by atoms with van der Waals surface area (Å²) >= 11 is 4.76. The maximum atomic E-state index is 13.7. The van der Waals surface area contributed by atoms with Crippen molar-refractivity contribution < 1.29 is 37.1 Å². The van der Waals surface area contributed by atoms with Crippen LogP contribution in [0.15, 0.2) is 36.5 Å². The van der Waals surface area contributed by atoms with Crippen molar-refractivity contribution >= 4 is 60.2 Å². The number of alkyl halides is 3. The molecule has 310 valence electrons. The van der Waals surface area contributed by atoms with Crippen molar-refractivity contribution in [3.63, 3.8) is 0 Å². The highest BCUT2D eigenvalue weighted by atomic mass is 35.5. The quantitative estimate of drug-likeness (QED) is 0.223. The smallest absolute Gasteiger partial charge is 0.377 e. The Balaban J connectivity index is 0.00000620. The van der Waals surface area contributed by atoms with Gasteiger partial charge in [-0.3, -0.25) is 44.1 Å². The molecule has 1 aromatic carbocycles. The summed E-state index contributed by atoms with van der Waals surface area (Å²) in [5.74, 6) is -1.18. The molecule has 2 aromatic rings. The van der Waals surface area contributed by atoms with Crippen molar-refractivity contribution in [2.75, 3.05) is 43.0 Å². The summed E-state index contributed by atoms with van der Waals surface area (Å²) in [4.78, 5) is 62.4. The lowest BCUT2D eigenvalue weighted by Gasteiger charge is -2.44. The number of benzene rings is 1. The van der Waals surface area contributed by atoms with Gasteiger partial charge in [0.2, 0.25) is 23.6 Å². The number of ether oxygens (including phenoxy) is 1. The Bertz CT molecular complexity index is 1840. The number of carbonyl (C=O) groups is 4. The van der Waals surface area contributed by atoms with Crippen molar-refractivity contribution in [3.05, 3.63) is 53.2 Å². The van der Waals surface area contributed by atoms with Gasteiger partial charge in [-0.1, -0.05) is 6.07 Å². The van der Waals surface area contributed by atoms with Crippen LogP contribution in [0, 0.1) is 11.3 Å². The topological polar surface area (TPSA) is 151 Å². The molecule has 6 rings (SSSR count). The molecule has 4 amide bonds. The summed E-state index contributed by atoms with van der Waals surface area (Å²) in [5.41, 5.74) is -2.62. The predicted octanol–water partition coefficient (Wildman–Crippen LogP) is 4.92. The van der Waals surface area contributed by atoms with Gasteiger partial charge in [0.05, 0.1) is 47.9 Å². The van der Waals surface area contributed by atoms with E-state index < -0.39 is 34.3 Å². The molecule has 4 heterocycles. The van der Waals surface area contributed by atoms with Gasteiger partial charge in [0.25, 0.3) is 0 Å². The molecular weight excluding hydrogens is 785 g/mol. The molecule has 1 aliphatic carbocycles. The van der Waals surface area contributed by atoms with Crippen LogP contribution in [0.3, 0.4) is 0 Å². The molecule has 0 radical (unpaired) electrons. The van der Waals surface area contributed by atoms with Crippen molar-refractivity contribution in [3.8, 4) is 6.07 Å². The Morgan fingerprint density at radius 3 is 2.35 bits per heavy atom. The van der Waals surface area contributed by atoms with Crippen LogP contribution in [-0.2, 0) is 30.1 Å². The third-order valence-electron chi connectivity index (χ3n) is 11.6. The number of imide groups is 1. The normalized spacial score (nSPS) is 27.4. The number of nitrogens with one attached hydrogen (secondary N) is 2. The molecule has 2 N–H and O–H groups in total. The number of anilines is 2. The van der Waals surface area contributed by atoms with E-state index in [-0.39, 0.29) is 78.9 Å². The minimum absolute atomic E-state index is 0. The minimum atomic E-state index is -4.75. The first-order valence-corrected chi connectivity index (χ1v) is 19.6. The first-order chi connectivity index (χ1) is 26.5. The Labute approximate surface area is 342 Å². The molecule has 18 heteroatoms. The first kappa shape index (κ1) is 44.3. The zero-order valence-electron chi connectivity index (χ0n) is 32.4. The van der Waals surface area contributed by atoms with Gasteiger partial charge in [-0.25, -0.2) is 4.98 Å². The van der Waals surface area contributed by atoms with E-state index in [1.807, 2.05) is 4.90 Å². The Morgan fingerprint density at radius 1 is 1.07 bits per heavy atom. The number of rotatable bonds is 10. The number of pyridine rings is 1. The van der Waals surface area contributed by atoms with Gasteiger partial charge in [-0.15, -0.1) is 25.0 Å². The zero-order chi connectivity index (χ0) is 40.5. The highest BCUT2D eigenvalue weighted by Crippen LogP contribution is 2.43. The molecule has 57 heavy (non-hydrogen) atoms. The van der Waals surface area contributed by atoms with Gasteiger partial charge < -0.3 is 10.1 Å². The average molecular weight is 835 g/mol. The number of hydrogen-bond donors (Lipinski definition) is 3. The van der Waals surface area contributed by atoms with E-state index in [9.17, 15) is 37.6 Å². The summed E-state index contributed by atoms with van der Waals surface area (Å²) in [7, 11) is 0. The molecule has 13 nitrogen and oxygen atoms in total. The summed E-state index contributed by atoms with van der Waals surface area (Å²) in [6, 6.07) is 8.54. The van der Waals surface area contributed by atoms with E-state index in [0.717, 1.165) is 57.5 Å². The molecule has 1 saturated carbocycles. The summed E-state index contributed by atoms with van der Waals surface area (Å²) < 4.78 is 47.5. The summed E-state index contributed by atoms with van der Waals surface area (Å²) in [6.45, 7) is 10.8. The van der Waals surface area contributed by atoms with Gasteiger partial charge in [-0.2, -0.15) is 18.4 Å². The molecule has 3 saturated heterocycles. The van der Waals surface area contributed by atoms with E-state index >= 15 is 0 Å². The lowest BCUT2D eigenvalue weighted by molar-refractivity contribution is -0.138. The van der Waals surface area contributed by atoms with Gasteiger partial charge >= 0.3 is 6.18 Å². The molecule has 3 aliphatic heterocycles. The fourth-order valence-electron chi connectivity index (χ4n) is 8.68. The standard InChI is InChI=1S/C39H49F3N8O5S.ClH/c1-23-20-47(21-24(2)48(23)22-34(52)45-32-13-6-26(19-44-32)30-12-14-33(51)46-35(30)53)15-16-55-29-10-8-27(9-11-29)50-37(56)49(36(54)38(50,3)4)28-7-5-25(18-43)31(17-28)39(40,41)42;/h5-7,13,17,19,23-24,27,29-30,37,56H,8-12,14-16,20-22H2,1-4H3,(H,44,45,52)(H,46,51,53);1H/t23-,24+,27?,29?,30?,37?;. The second-order valence-electron chi connectivity index (χ2n) is 15.8. The fraction of sp³-hybridized carbons (Fsp3) is 0.590. The van der Waals surface area contributed by atoms with Crippen molar-refractivity contribution in [2.24, 2.45) is 0 Å². The number of amides is 4. The third kappa shape index (κ3) is 9.75. The molecular formula is C39H50ClF3N8O5S. The number of thiol groups is 1. The van der Waals surface area contributed by atoms with Crippen LogP contribution in [-0.4, -0.2) is 111 Å². The van der Waals surface area contributed by atoms with Gasteiger partial charge in [0, 0.05) is 56.1 Å². The number of nitriles is 1. The fourth-order valence-corrected chi connectivity index (χ4v) is 9.39. The maximum absolute atomic E-state index is 13.7. The molecule has 4 fully saturated rings. The van der Waals surface area contributed by atoms with E-state index in [1.54, 1.807) is 38.2 Å². The number of carbonyl (C=O) groups excluding carboxylic acids is 4. The van der Waals surface area contributed by atoms with Crippen molar-refractivity contribution in [1.82, 2.24) is 25.0 Å².